The van der Waals surface area contributed by atoms with Gasteiger partial charge in [-0.15, -0.1) is 0 Å². The van der Waals surface area contributed by atoms with Crippen LogP contribution < -0.4 is 0 Å². The zero-order valence-electron chi connectivity index (χ0n) is 15.6. The summed E-state index contributed by atoms with van der Waals surface area (Å²) in [6.45, 7) is 6.41. The molecule has 0 aromatic carbocycles. The van der Waals surface area contributed by atoms with E-state index < -0.39 is 7.25 Å². The average molecular weight is 354 g/mol. The van der Waals surface area contributed by atoms with Gasteiger partial charge in [-0.1, -0.05) is 77.6 Å². The van der Waals surface area contributed by atoms with Crippen molar-refractivity contribution in [3.8, 4) is 0 Å². The zero-order valence-corrected chi connectivity index (χ0v) is 15.6. The summed E-state index contributed by atoms with van der Waals surface area (Å²) in [6.07, 6.45) is 20.4. The molecule has 1 aliphatic heterocycles. The highest BCUT2D eigenvalue weighted by Crippen LogP contribution is 2.13. The molecule has 0 unspecified atom stereocenters. The molecule has 146 valence electrons. The van der Waals surface area contributed by atoms with Crippen molar-refractivity contribution >= 4 is 7.25 Å². The second-order valence-electron chi connectivity index (χ2n) is 6.93. The Morgan fingerprint density at radius 1 is 0.625 bits per heavy atom. The third kappa shape index (κ3) is 21.7. The van der Waals surface area contributed by atoms with Crippen molar-refractivity contribution in [1.82, 2.24) is 4.90 Å². The fourth-order valence-electron chi connectivity index (χ4n) is 3.18. The predicted molar refractivity (Wildman–Crippen MR) is 96.9 cm³/mol. The number of hydrogen-bond acceptors (Lipinski definition) is 1. The Morgan fingerprint density at radius 2 is 1.00 bits per heavy atom. The fourth-order valence-corrected chi connectivity index (χ4v) is 3.18. The summed E-state index contributed by atoms with van der Waals surface area (Å²) < 4.78 is 39.0. The molecule has 0 atom stereocenters. The lowest BCUT2D eigenvalue weighted by Crippen LogP contribution is -2.30. The smallest absolute Gasteiger partial charge is 0.418 e. The van der Waals surface area contributed by atoms with Gasteiger partial charge in [-0.05, 0) is 38.9 Å². The van der Waals surface area contributed by atoms with Gasteiger partial charge >= 0.3 is 7.25 Å². The second-order valence-corrected chi connectivity index (χ2v) is 6.93. The van der Waals surface area contributed by atoms with Crippen molar-refractivity contribution in [2.75, 3.05) is 19.6 Å². The van der Waals surface area contributed by atoms with Gasteiger partial charge in [0, 0.05) is 0 Å². The number of rotatable bonds is 12. The van der Waals surface area contributed by atoms with E-state index in [1.165, 1.54) is 110 Å². The third-order valence-corrected chi connectivity index (χ3v) is 4.53. The Bertz CT molecular complexity index is 250. The van der Waals surface area contributed by atoms with Crippen molar-refractivity contribution < 1.29 is 17.3 Å². The van der Waals surface area contributed by atoms with Gasteiger partial charge in [0.25, 0.3) is 0 Å². The Labute approximate surface area is 146 Å². The molecule has 1 saturated heterocycles. The third-order valence-electron chi connectivity index (χ3n) is 4.53. The number of halogens is 4. The monoisotopic (exact) mass is 354 g/mol. The summed E-state index contributed by atoms with van der Waals surface area (Å²) in [5.41, 5.74) is 0. The molecule has 1 heterocycles. The molecule has 1 rings (SSSR count). The van der Waals surface area contributed by atoms with Crippen LogP contribution in [0.1, 0.15) is 96.8 Å². The Balaban J connectivity index is 0.000000922. The van der Waals surface area contributed by atoms with Crippen molar-refractivity contribution in [2.24, 2.45) is 0 Å². The van der Waals surface area contributed by atoms with Crippen LogP contribution in [-0.4, -0.2) is 31.8 Å². The SMILES string of the molecule is CCCCCCCCCCCCCN1CCCCC1.F[B-](F)(F)F. The maximum absolute atomic E-state index is 9.75. The number of hydrogen-bond donors (Lipinski definition) is 0. The summed E-state index contributed by atoms with van der Waals surface area (Å²) in [5, 5.41) is 0. The maximum Gasteiger partial charge on any atom is 0.673 e. The van der Waals surface area contributed by atoms with E-state index in [-0.39, 0.29) is 0 Å². The van der Waals surface area contributed by atoms with E-state index in [2.05, 4.69) is 11.8 Å². The Hall–Kier alpha value is -0.255. The van der Waals surface area contributed by atoms with Gasteiger partial charge in [0.15, 0.2) is 0 Å². The van der Waals surface area contributed by atoms with Crippen LogP contribution in [0.2, 0.25) is 0 Å². The minimum Gasteiger partial charge on any atom is -0.418 e. The Kier molecular flexibility index (Phi) is 16.1. The zero-order chi connectivity index (χ0) is 18.1. The molecular weight excluding hydrogens is 317 g/mol. The molecule has 1 nitrogen and oxygen atoms in total. The lowest BCUT2D eigenvalue weighted by molar-refractivity contribution is 0.224. The molecule has 0 bridgehead atoms. The highest BCUT2D eigenvalue weighted by atomic mass is 19.5. The van der Waals surface area contributed by atoms with Crippen LogP contribution in [-0.2, 0) is 0 Å². The standard InChI is InChI=1S/C18H37N.BF4/c1-2-3-4-5-6-7-8-9-10-11-13-16-19-17-14-12-15-18-19;2-1(3,4)5/h2-18H2,1H3;/q;-1. The van der Waals surface area contributed by atoms with Crippen molar-refractivity contribution in [3.63, 3.8) is 0 Å². The molecule has 0 aromatic rings. The molecule has 0 radical (unpaired) electrons. The molecular formula is C18H37BF4N-. The van der Waals surface area contributed by atoms with Gasteiger partial charge in [-0.2, -0.15) is 0 Å². The van der Waals surface area contributed by atoms with Crippen LogP contribution >= 0.6 is 0 Å². The van der Waals surface area contributed by atoms with Crippen LogP contribution in [0.4, 0.5) is 17.3 Å². The van der Waals surface area contributed by atoms with Crippen LogP contribution in [0.3, 0.4) is 0 Å². The molecule has 0 aromatic heterocycles. The molecule has 0 saturated carbocycles. The first-order valence-electron chi connectivity index (χ1n) is 10.0. The van der Waals surface area contributed by atoms with Crippen LogP contribution in [0, 0.1) is 0 Å². The van der Waals surface area contributed by atoms with Gasteiger partial charge in [0.1, 0.15) is 0 Å². The minimum absolute atomic E-state index is 1.37. The van der Waals surface area contributed by atoms with E-state index in [0.717, 1.165) is 0 Å². The Morgan fingerprint density at radius 3 is 1.42 bits per heavy atom. The van der Waals surface area contributed by atoms with Crippen LogP contribution in [0.15, 0.2) is 0 Å². The summed E-state index contributed by atoms with van der Waals surface area (Å²) in [4.78, 5) is 2.68. The largest absolute Gasteiger partial charge is 0.673 e. The molecule has 1 aliphatic rings. The summed E-state index contributed by atoms with van der Waals surface area (Å²) in [7, 11) is -6.00. The summed E-state index contributed by atoms with van der Waals surface area (Å²) in [6, 6.07) is 0. The lowest BCUT2D eigenvalue weighted by Gasteiger charge is -2.26. The highest BCUT2D eigenvalue weighted by Gasteiger charge is 2.20. The van der Waals surface area contributed by atoms with Gasteiger partial charge in [0.05, 0.1) is 0 Å². The number of nitrogens with zero attached hydrogens (tertiary/aromatic N) is 1. The fraction of sp³-hybridized carbons (Fsp3) is 1.00. The molecule has 0 N–H and O–H groups in total. The second kappa shape index (κ2) is 16.2. The topological polar surface area (TPSA) is 3.24 Å². The van der Waals surface area contributed by atoms with Crippen molar-refractivity contribution in [3.05, 3.63) is 0 Å². The highest BCUT2D eigenvalue weighted by molar-refractivity contribution is 6.50. The van der Waals surface area contributed by atoms with Gasteiger partial charge < -0.3 is 22.2 Å². The molecule has 0 aliphatic carbocycles. The molecule has 1 fully saturated rings. The van der Waals surface area contributed by atoms with Gasteiger partial charge in [0.2, 0.25) is 0 Å². The average Bonchev–Trinajstić information content (AvgIpc) is 2.52. The first-order valence-corrected chi connectivity index (χ1v) is 10.0. The van der Waals surface area contributed by atoms with E-state index in [4.69, 9.17) is 0 Å². The van der Waals surface area contributed by atoms with Crippen molar-refractivity contribution in [1.29, 1.82) is 0 Å². The van der Waals surface area contributed by atoms with Crippen LogP contribution in [0.5, 0.6) is 0 Å². The summed E-state index contributed by atoms with van der Waals surface area (Å²) >= 11 is 0. The molecule has 0 amide bonds. The molecule has 6 heteroatoms. The number of unbranched alkanes of at least 4 members (excludes halogenated alkanes) is 10. The van der Waals surface area contributed by atoms with Gasteiger partial charge in [-0.25, -0.2) is 0 Å². The molecule has 0 spiro atoms. The van der Waals surface area contributed by atoms with E-state index in [1.54, 1.807) is 0 Å². The van der Waals surface area contributed by atoms with Gasteiger partial charge in [-0.3, -0.25) is 0 Å². The van der Waals surface area contributed by atoms with Crippen LogP contribution in [0.25, 0.3) is 0 Å². The quantitative estimate of drug-likeness (QED) is 0.206. The number of piperidine rings is 1. The lowest BCUT2D eigenvalue weighted by atomic mass is 10.1. The molecule has 24 heavy (non-hydrogen) atoms. The van der Waals surface area contributed by atoms with E-state index in [0.29, 0.717) is 0 Å². The normalized spacial score (nSPS) is 15.9. The number of likely N-dealkylation sites (tertiary alicyclic amines) is 1. The minimum atomic E-state index is -6.00. The first-order chi connectivity index (χ1) is 11.4. The van der Waals surface area contributed by atoms with E-state index >= 15 is 0 Å². The first kappa shape index (κ1) is 23.7. The summed E-state index contributed by atoms with van der Waals surface area (Å²) in [5.74, 6) is 0. The van der Waals surface area contributed by atoms with Crippen molar-refractivity contribution in [2.45, 2.75) is 96.8 Å². The van der Waals surface area contributed by atoms with E-state index in [1.807, 2.05) is 0 Å². The van der Waals surface area contributed by atoms with E-state index in [9.17, 15) is 17.3 Å². The predicted octanol–water partition coefficient (Wildman–Crippen LogP) is 7.08. The maximum atomic E-state index is 9.75.